The predicted octanol–water partition coefficient (Wildman–Crippen LogP) is 3.01. The number of aryl methyl sites for hydroxylation is 2. The molecule has 0 aliphatic heterocycles. The maximum absolute atomic E-state index is 12.5. The molecule has 0 spiro atoms. The van der Waals surface area contributed by atoms with Crippen LogP contribution >= 0.6 is 0 Å². The molecule has 0 atom stereocenters. The predicted molar refractivity (Wildman–Crippen MR) is 94.9 cm³/mol. The summed E-state index contributed by atoms with van der Waals surface area (Å²) in [5.41, 5.74) is 3.43. The molecule has 0 unspecified atom stereocenters. The monoisotopic (exact) mass is 332 g/mol. The summed E-state index contributed by atoms with van der Waals surface area (Å²) in [5, 5.41) is 8.19. The van der Waals surface area contributed by atoms with Crippen LogP contribution in [0.2, 0.25) is 0 Å². The number of nitrogens with one attached hydrogen (secondary N) is 2. The third-order valence-electron chi connectivity index (χ3n) is 3.94. The molecule has 0 aliphatic carbocycles. The van der Waals surface area contributed by atoms with E-state index < -0.39 is 0 Å². The number of carbonyl (C=O) groups is 1. The largest absolute Gasteiger partial charge is 0.361 e. The lowest BCUT2D eigenvalue weighted by Crippen LogP contribution is -2.14. The summed E-state index contributed by atoms with van der Waals surface area (Å²) >= 11 is 0. The zero-order valence-electron chi connectivity index (χ0n) is 13.8. The van der Waals surface area contributed by atoms with E-state index in [1.54, 1.807) is 16.8 Å². The minimum Gasteiger partial charge on any atom is -0.361 e. The van der Waals surface area contributed by atoms with Crippen molar-refractivity contribution in [1.29, 1.82) is 0 Å². The molecule has 7 nitrogen and oxygen atoms in total. The number of aromatic nitrogens is 5. The first kappa shape index (κ1) is 15.1. The number of aromatic amines is 1. The van der Waals surface area contributed by atoms with Crippen LogP contribution < -0.4 is 5.32 Å². The number of benzene rings is 1. The van der Waals surface area contributed by atoms with Crippen LogP contribution in [0.1, 0.15) is 21.7 Å². The number of H-pyrrole nitrogens is 1. The second-order valence-electron chi connectivity index (χ2n) is 5.83. The third-order valence-corrected chi connectivity index (χ3v) is 3.94. The molecule has 2 N–H and O–H groups in total. The van der Waals surface area contributed by atoms with Crippen molar-refractivity contribution in [3.8, 4) is 5.82 Å². The maximum atomic E-state index is 12.5. The highest BCUT2D eigenvalue weighted by atomic mass is 16.1. The fourth-order valence-corrected chi connectivity index (χ4v) is 2.78. The van der Waals surface area contributed by atoms with Gasteiger partial charge in [-0.25, -0.2) is 14.6 Å². The Bertz CT molecular complexity index is 1080. The maximum Gasteiger partial charge on any atom is 0.256 e. The summed E-state index contributed by atoms with van der Waals surface area (Å²) in [6.45, 7) is 3.87. The highest BCUT2D eigenvalue weighted by Crippen LogP contribution is 2.16. The van der Waals surface area contributed by atoms with Crippen LogP contribution in [0.15, 0.2) is 48.9 Å². The summed E-state index contributed by atoms with van der Waals surface area (Å²) in [6, 6.07) is 11.1. The molecule has 0 radical (unpaired) electrons. The van der Waals surface area contributed by atoms with Gasteiger partial charge in [-0.3, -0.25) is 4.79 Å². The van der Waals surface area contributed by atoms with E-state index in [0.29, 0.717) is 17.2 Å². The van der Waals surface area contributed by atoms with Crippen LogP contribution in [-0.4, -0.2) is 30.6 Å². The quantitative estimate of drug-likeness (QED) is 0.603. The summed E-state index contributed by atoms with van der Waals surface area (Å²) < 4.78 is 1.72. The SMILES string of the molecule is Cc1cc(C)n(-c2cc(NC(=O)c3ccc4[nH]ccc4c3)ncn2)n1. The number of nitrogens with zero attached hydrogens (tertiary/aromatic N) is 4. The number of amides is 1. The number of fused-ring (bicyclic) bond motifs is 1. The zero-order chi connectivity index (χ0) is 17.4. The van der Waals surface area contributed by atoms with Gasteiger partial charge in [0.15, 0.2) is 5.82 Å². The van der Waals surface area contributed by atoms with Gasteiger partial charge in [-0.2, -0.15) is 5.10 Å². The molecule has 7 heteroatoms. The molecule has 4 rings (SSSR count). The van der Waals surface area contributed by atoms with Crippen LogP contribution in [0.5, 0.6) is 0 Å². The highest BCUT2D eigenvalue weighted by Gasteiger charge is 2.11. The number of hydrogen-bond acceptors (Lipinski definition) is 4. The average molecular weight is 332 g/mol. The van der Waals surface area contributed by atoms with Crippen molar-refractivity contribution in [3.05, 3.63) is 65.9 Å². The molecule has 0 fully saturated rings. The highest BCUT2D eigenvalue weighted by molar-refractivity contribution is 6.05. The Labute approximate surface area is 143 Å². The van der Waals surface area contributed by atoms with Crippen molar-refractivity contribution in [2.24, 2.45) is 0 Å². The summed E-state index contributed by atoms with van der Waals surface area (Å²) in [5.74, 6) is 0.815. The van der Waals surface area contributed by atoms with Gasteiger partial charge in [0.05, 0.1) is 5.69 Å². The van der Waals surface area contributed by atoms with E-state index in [-0.39, 0.29) is 5.91 Å². The van der Waals surface area contributed by atoms with E-state index in [0.717, 1.165) is 22.3 Å². The third kappa shape index (κ3) is 2.87. The van der Waals surface area contributed by atoms with Crippen molar-refractivity contribution in [2.75, 3.05) is 5.32 Å². The van der Waals surface area contributed by atoms with Crippen molar-refractivity contribution >= 4 is 22.6 Å². The van der Waals surface area contributed by atoms with Crippen molar-refractivity contribution in [3.63, 3.8) is 0 Å². The molecule has 25 heavy (non-hydrogen) atoms. The van der Waals surface area contributed by atoms with Crippen LogP contribution in [0, 0.1) is 13.8 Å². The van der Waals surface area contributed by atoms with Gasteiger partial charge in [0.25, 0.3) is 5.91 Å². The molecule has 0 saturated carbocycles. The minimum absolute atomic E-state index is 0.221. The van der Waals surface area contributed by atoms with E-state index in [4.69, 9.17) is 0 Å². The molecular weight excluding hydrogens is 316 g/mol. The van der Waals surface area contributed by atoms with Gasteiger partial charge in [-0.15, -0.1) is 0 Å². The number of hydrogen-bond donors (Lipinski definition) is 2. The lowest BCUT2D eigenvalue weighted by atomic mass is 10.1. The molecule has 3 heterocycles. The molecule has 1 aromatic carbocycles. The van der Waals surface area contributed by atoms with E-state index in [9.17, 15) is 4.79 Å². The molecule has 1 amide bonds. The van der Waals surface area contributed by atoms with Crippen LogP contribution in [-0.2, 0) is 0 Å². The van der Waals surface area contributed by atoms with E-state index >= 15 is 0 Å². The molecule has 4 aromatic rings. The molecule has 124 valence electrons. The number of anilines is 1. The average Bonchev–Trinajstić information content (AvgIpc) is 3.20. The van der Waals surface area contributed by atoms with Gasteiger partial charge in [0, 0.05) is 34.4 Å². The molecule has 3 aromatic heterocycles. The normalized spacial score (nSPS) is 11.0. The van der Waals surface area contributed by atoms with Crippen LogP contribution in [0.25, 0.3) is 16.7 Å². The Balaban J connectivity index is 1.61. The standard InChI is InChI=1S/C18H16N6O/c1-11-7-12(2)24(23-11)17-9-16(20-10-21-17)22-18(25)14-3-4-15-13(8-14)5-6-19-15/h3-10,19H,1-2H3,(H,20,21,22,25). The van der Waals surface area contributed by atoms with Gasteiger partial charge in [0.2, 0.25) is 0 Å². The van der Waals surface area contributed by atoms with Gasteiger partial charge in [-0.05, 0) is 44.2 Å². The summed E-state index contributed by atoms with van der Waals surface area (Å²) in [4.78, 5) is 24.0. The zero-order valence-corrected chi connectivity index (χ0v) is 13.8. The number of carbonyl (C=O) groups excluding carboxylic acids is 1. The van der Waals surface area contributed by atoms with E-state index in [1.807, 2.05) is 44.3 Å². The summed E-state index contributed by atoms with van der Waals surface area (Å²) in [7, 11) is 0. The van der Waals surface area contributed by atoms with E-state index in [1.165, 1.54) is 6.33 Å². The Morgan fingerprint density at radius 2 is 2.00 bits per heavy atom. The lowest BCUT2D eigenvalue weighted by molar-refractivity contribution is 0.102. The minimum atomic E-state index is -0.221. The van der Waals surface area contributed by atoms with Gasteiger partial charge < -0.3 is 10.3 Å². The van der Waals surface area contributed by atoms with Crippen LogP contribution in [0.4, 0.5) is 5.82 Å². The first-order valence-corrected chi connectivity index (χ1v) is 7.84. The molecule has 0 bridgehead atoms. The lowest BCUT2D eigenvalue weighted by Gasteiger charge is -2.07. The van der Waals surface area contributed by atoms with Crippen molar-refractivity contribution in [2.45, 2.75) is 13.8 Å². The summed E-state index contributed by atoms with van der Waals surface area (Å²) in [6.07, 6.45) is 3.26. The molecular formula is C18H16N6O. The second-order valence-corrected chi connectivity index (χ2v) is 5.83. The Morgan fingerprint density at radius 3 is 2.80 bits per heavy atom. The van der Waals surface area contributed by atoms with Gasteiger partial charge in [0.1, 0.15) is 12.1 Å². The van der Waals surface area contributed by atoms with Crippen LogP contribution in [0.3, 0.4) is 0 Å². The van der Waals surface area contributed by atoms with Crippen molar-refractivity contribution in [1.82, 2.24) is 24.7 Å². The topological polar surface area (TPSA) is 88.5 Å². The van der Waals surface area contributed by atoms with E-state index in [2.05, 4.69) is 25.4 Å². The number of rotatable bonds is 3. The molecule has 0 aliphatic rings. The Morgan fingerprint density at radius 1 is 1.12 bits per heavy atom. The molecule has 0 saturated heterocycles. The first-order chi connectivity index (χ1) is 12.1. The van der Waals surface area contributed by atoms with Gasteiger partial charge in [-0.1, -0.05) is 0 Å². The second kappa shape index (κ2) is 5.86. The smallest absolute Gasteiger partial charge is 0.256 e. The fourth-order valence-electron chi connectivity index (χ4n) is 2.78. The van der Waals surface area contributed by atoms with Gasteiger partial charge >= 0.3 is 0 Å². The van der Waals surface area contributed by atoms with Crippen molar-refractivity contribution < 1.29 is 4.79 Å². The fraction of sp³-hybridized carbons (Fsp3) is 0.111. The Kier molecular flexibility index (Phi) is 3.53. The first-order valence-electron chi connectivity index (χ1n) is 7.84. The Hall–Kier alpha value is -3.48.